The lowest BCUT2D eigenvalue weighted by Gasteiger charge is -2.11. The van der Waals surface area contributed by atoms with Crippen LogP contribution in [0.2, 0.25) is 0 Å². The summed E-state index contributed by atoms with van der Waals surface area (Å²) in [4.78, 5) is 0. The molecule has 0 aliphatic rings. The van der Waals surface area contributed by atoms with E-state index in [2.05, 4.69) is 49.6 Å². The zero-order valence-electron chi connectivity index (χ0n) is 10.3. The molecule has 3 heteroatoms. The van der Waals surface area contributed by atoms with Crippen molar-refractivity contribution < 1.29 is 0 Å². The van der Waals surface area contributed by atoms with Crippen LogP contribution in [0, 0.1) is 13.8 Å². The molecule has 0 amide bonds. The van der Waals surface area contributed by atoms with Gasteiger partial charge in [-0.15, -0.1) is 0 Å². The third-order valence-electron chi connectivity index (χ3n) is 2.30. The van der Waals surface area contributed by atoms with Gasteiger partial charge < -0.3 is 10.6 Å². The molecule has 0 saturated heterocycles. The predicted octanol–water partition coefficient (Wildman–Crippen LogP) is 3.39. The molecule has 1 rings (SSSR count). The normalized spacial score (nSPS) is 9.94. The third-order valence-corrected chi connectivity index (χ3v) is 2.54. The fourth-order valence-electron chi connectivity index (χ4n) is 1.60. The Morgan fingerprint density at radius 2 is 1.81 bits per heavy atom. The molecule has 0 radical (unpaired) electrons. The predicted molar refractivity (Wildman–Crippen MR) is 75.0 cm³/mol. The minimum Gasteiger partial charge on any atom is -0.362 e. The highest BCUT2D eigenvalue weighted by Crippen LogP contribution is 2.13. The number of aryl methyl sites for hydroxylation is 2. The van der Waals surface area contributed by atoms with Crippen LogP contribution in [0.25, 0.3) is 0 Å². The first-order chi connectivity index (χ1) is 7.61. The lowest BCUT2D eigenvalue weighted by Crippen LogP contribution is -2.29. The van der Waals surface area contributed by atoms with Crippen LogP contribution in [-0.2, 0) is 0 Å². The summed E-state index contributed by atoms with van der Waals surface area (Å²) in [5, 5.41) is 7.10. The fourth-order valence-corrected chi connectivity index (χ4v) is 1.82. The van der Waals surface area contributed by atoms with Gasteiger partial charge in [0.05, 0.1) is 0 Å². The number of benzene rings is 1. The van der Waals surface area contributed by atoms with Gasteiger partial charge in [-0.2, -0.15) is 0 Å². The quantitative estimate of drug-likeness (QED) is 0.619. The summed E-state index contributed by atoms with van der Waals surface area (Å²) in [6.07, 6.45) is 2.33. The molecule has 1 aromatic rings. The van der Waals surface area contributed by atoms with Gasteiger partial charge in [0.15, 0.2) is 5.11 Å². The molecular weight excluding hydrogens is 216 g/mol. The summed E-state index contributed by atoms with van der Waals surface area (Å²) in [6, 6.07) is 6.35. The maximum Gasteiger partial charge on any atom is 0.170 e. The second-order valence-corrected chi connectivity index (χ2v) is 4.52. The summed E-state index contributed by atoms with van der Waals surface area (Å²) in [6.45, 7) is 7.28. The Morgan fingerprint density at radius 3 is 2.38 bits per heavy atom. The number of thiocarbonyl (C=S) groups is 1. The summed E-state index contributed by atoms with van der Waals surface area (Å²) in [7, 11) is 0. The van der Waals surface area contributed by atoms with Gasteiger partial charge in [0, 0.05) is 12.2 Å². The van der Waals surface area contributed by atoms with Crippen molar-refractivity contribution in [2.24, 2.45) is 0 Å². The van der Waals surface area contributed by atoms with E-state index in [4.69, 9.17) is 12.2 Å². The Morgan fingerprint density at radius 1 is 1.19 bits per heavy atom. The standard InChI is InChI=1S/C13H20N2S/c1-4-5-6-14-13(16)15-12-8-10(2)7-11(3)9-12/h7-9H,4-6H2,1-3H3,(H2,14,15,16). The molecule has 2 N–H and O–H groups in total. The van der Waals surface area contributed by atoms with Crippen LogP contribution in [0.1, 0.15) is 30.9 Å². The molecule has 88 valence electrons. The minimum absolute atomic E-state index is 0.707. The number of hydrogen-bond acceptors (Lipinski definition) is 1. The summed E-state index contributed by atoms with van der Waals surface area (Å²) in [5.41, 5.74) is 3.56. The van der Waals surface area contributed by atoms with Crippen molar-refractivity contribution in [3.05, 3.63) is 29.3 Å². The van der Waals surface area contributed by atoms with Gasteiger partial charge in [0.2, 0.25) is 0 Å². The first kappa shape index (κ1) is 13.0. The van der Waals surface area contributed by atoms with Gasteiger partial charge in [-0.25, -0.2) is 0 Å². The molecule has 16 heavy (non-hydrogen) atoms. The van der Waals surface area contributed by atoms with Crippen LogP contribution in [0.3, 0.4) is 0 Å². The van der Waals surface area contributed by atoms with E-state index < -0.39 is 0 Å². The Hall–Kier alpha value is -1.09. The highest BCUT2D eigenvalue weighted by molar-refractivity contribution is 7.80. The Kier molecular flexibility index (Phi) is 5.26. The van der Waals surface area contributed by atoms with Crippen LogP contribution in [0.15, 0.2) is 18.2 Å². The molecule has 0 saturated carbocycles. The monoisotopic (exact) mass is 236 g/mol. The Bertz CT molecular complexity index is 341. The third kappa shape index (κ3) is 4.62. The van der Waals surface area contributed by atoms with Crippen molar-refractivity contribution in [2.75, 3.05) is 11.9 Å². The van der Waals surface area contributed by atoms with Gasteiger partial charge in [-0.1, -0.05) is 19.4 Å². The Balaban J connectivity index is 2.49. The molecule has 0 aliphatic carbocycles. The van der Waals surface area contributed by atoms with Crippen LogP contribution >= 0.6 is 12.2 Å². The van der Waals surface area contributed by atoms with E-state index in [1.807, 2.05) is 0 Å². The van der Waals surface area contributed by atoms with Crippen LogP contribution < -0.4 is 10.6 Å². The lowest BCUT2D eigenvalue weighted by molar-refractivity contribution is 0.758. The highest BCUT2D eigenvalue weighted by Gasteiger charge is 1.98. The molecule has 0 spiro atoms. The second kappa shape index (κ2) is 6.48. The number of nitrogens with one attached hydrogen (secondary N) is 2. The van der Waals surface area contributed by atoms with E-state index in [1.165, 1.54) is 17.5 Å². The van der Waals surface area contributed by atoms with E-state index in [9.17, 15) is 0 Å². The Labute approximate surface area is 103 Å². The topological polar surface area (TPSA) is 24.1 Å². The number of rotatable bonds is 4. The first-order valence-electron chi connectivity index (χ1n) is 5.75. The summed E-state index contributed by atoms with van der Waals surface area (Å²) >= 11 is 5.21. The average Bonchev–Trinajstić information content (AvgIpc) is 2.16. The number of unbranched alkanes of at least 4 members (excludes halogenated alkanes) is 1. The van der Waals surface area contributed by atoms with Crippen molar-refractivity contribution in [3.63, 3.8) is 0 Å². The van der Waals surface area contributed by atoms with Gasteiger partial charge in [0.25, 0.3) is 0 Å². The number of anilines is 1. The van der Waals surface area contributed by atoms with Gasteiger partial charge in [0.1, 0.15) is 0 Å². The zero-order valence-corrected chi connectivity index (χ0v) is 11.1. The molecular formula is C13H20N2S. The molecule has 0 fully saturated rings. The largest absolute Gasteiger partial charge is 0.362 e. The van der Waals surface area contributed by atoms with E-state index in [0.29, 0.717) is 5.11 Å². The van der Waals surface area contributed by atoms with Gasteiger partial charge in [-0.05, 0) is 55.7 Å². The van der Waals surface area contributed by atoms with E-state index in [0.717, 1.165) is 18.7 Å². The second-order valence-electron chi connectivity index (χ2n) is 4.11. The maximum absolute atomic E-state index is 5.21. The van der Waals surface area contributed by atoms with Crippen molar-refractivity contribution >= 4 is 23.0 Å². The molecule has 0 aromatic heterocycles. The van der Waals surface area contributed by atoms with Crippen molar-refractivity contribution in [2.45, 2.75) is 33.6 Å². The molecule has 0 bridgehead atoms. The summed E-state index contributed by atoms with van der Waals surface area (Å²) in [5.74, 6) is 0. The van der Waals surface area contributed by atoms with E-state index in [1.54, 1.807) is 0 Å². The molecule has 2 nitrogen and oxygen atoms in total. The average molecular weight is 236 g/mol. The zero-order chi connectivity index (χ0) is 12.0. The number of hydrogen-bond donors (Lipinski definition) is 2. The van der Waals surface area contributed by atoms with E-state index >= 15 is 0 Å². The van der Waals surface area contributed by atoms with E-state index in [-0.39, 0.29) is 0 Å². The molecule has 0 atom stereocenters. The highest BCUT2D eigenvalue weighted by atomic mass is 32.1. The van der Waals surface area contributed by atoms with Crippen molar-refractivity contribution in [1.82, 2.24) is 5.32 Å². The van der Waals surface area contributed by atoms with Crippen LogP contribution in [0.5, 0.6) is 0 Å². The van der Waals surface area contributed by atoms with Crippen LogP contribution in [0.4, 0.5) is 5.69 Å². The molecule has 0 unspecified atom stereocenters. The minimum atomic E-state index is 0.707. The smallest absolute Gasteiger partial charge is 0.170 e. The SMILES string of the molecule is CCCCNC(=S)Nc1cc(C)cc(C)c1. The van der Waals surface area contributed by atoms with Gasteiger partial charge >= 0.3 is 0 Å². The van der Waals surface area contributed by atoms with Crippen LogP contribution in [-0.4, -0.2) is 11.7 Å². The lowest BCUT2D eigenvalue weighted by atomic mass is 10.1. The molecule has 0 aliphatic heterocycles. The van der Waals surface area contributed by atoms with Crippen molar-refractivity contribution in [1.29, 1.82) is 0 Å². The van der Waals surface area contributed by atoms with Crippen molar-refractivity contribution in [3.8, 4) is 0 Å². The molecule has 1 aromatic carbocycles. The van der Waals surface area contributed by atoms with Gasteiger partial charge in [-0.3, -0.25) is 0 Å². The fraction of sp³-hybridized carbons (Fsp3) is 0.462. The maximum atomic E-state index is 5.21. The first-order valence-corrected chi connectivity index (χ1v) is 6.16. The molecule has 0 heterocycles. The summed E-state index contributed by atoms with van der Waals surface area (Å²) < 4.78 is 0.